The Morgan fingerprint density at radius 2 is 1.50 bits per heavy atom. The Bertz CT molecular complexity index is 733. The summed E-state index contributed by atoms with van der Waals surface area (Å²) in [4.78, 5) is 0.982. The molecule has 0 spiro atoms. The van der Waals surface area contributed by atoms with E-state index < -0.39 is 0 Å². The van der Waals surface area contributed by atoms with Gasteiger partial charge in [0.25, 0.3) is 0 Å². The minimum Gasteiger partial charge on any atom is -0.325 e. The SMILES string of the molecule is Clc1cc(Cl)cc(SNc2cccc3ccccc23)c1. The number of anilines is 1. The third kappa shape index (κ3) is 3.04. The number of halogens is 2. The summed E-state index contributed by atoms with van der Waals surface area (Å²) in [6, 6.07) is 20.0. The van der Waals surface area contributed by atoms with Crippen LogP contribution in [0.4, 0.5) is 5.69 Å². The molecule has 4 heteroatoms. The molecule has 0 bridgehead atoms. The maximum Gasteiger partial charge on any atom is 0.0522 e. The zero-order valence-electron chi connectivity index (χ0n) is 10.4. The third-order valence-electron chi connectivity index (χ3n) is 2.90. The lowest BCUT2D eigenvalue weighted by molar-refractivity contribution is 1.46. The van der Waals surface area contributed by atoms with E-state index >= 15 is 0 Å². The van der Waals surface area contributed by atoms with E-state index in [1.54, 1.807) is 6.07 Å². The Kier molecular flexibility index (Phi) is 4.06. The van der Waals surface area contributed by atoms with Gasteiger partial charge in [0, 0.05) is 20.3 Å². The molecule has 1 N–H and O–H groups in total. The van der Waals surface area contributed by atoms with Gasteiger partial charge < -0.3 is 4.72 Å². The molecular formula is C16H11Cl2NS. The third-order valence-corrected chi connectivity index (χ3v) is 4.13. The van der Waals surface area contributed by atoms with Crippen LogP contribution in [0, 0.1) is 0 Å². The first-order valence-corrected chi connectivity index (χ1v) is 7.66. The normalized spacial score (nSPS) is 10.7. The first kappa shape index (κ1) is 13.6. The van der Waals surface area contributed by atoms with Gasteiger partial charge in [-0.05, 0) is 41.6 Å². The van der Waals surface area contributed by atoms with Crippen LogP contribution in [-0.2, 0) is 0 Å². The van der Waals surface area contributed by atoms with Gasteiger partial charge in [-0.15, -0.1) is 0 Å². The standard InChI is InChI=1S/C16H11Cl2NS/c17-12-8-13(18)10-14(9-12)20-19-16-7-3-5-11-4-1-2-6-15(11)16/h1-10,19H. The Morgan fingerprint density at radius 1 is 0.800 bits per heavy atom. The highest BCUT2D eigenvalue weighted by Crippen LogP contribution is 2.30. The molecule has 0 amide bonds. The zero-order chi connectivity index (χ0) is 13.9. The maximum absolute atomic E-state index is 6.00. The van der Waals surface area contributed by atoms with Crippen LogP contribution in [0.15, 0.2) is 65.6 Å². The molecule has 3 aromatic carbocycles. The number of hydrogen-bond acceptors (Lipinski definition) is 2. The van der Waals surface area contributed by atoms with Crippen LogP contribution in [0.25, 0.3) is 10.8 Å². The van der Waals surface area contributed by atoms with E-state index in [0.717, 1.165) is 10.6 Å². The van der Waals surface area contributed by atoms with E-state index in [1.807, 2.05) is 30.3 Å². The van der Waals surface area contributed by atoms with Gasteiger partial charge in [-0.1, -0.05) is 59.6 Å². The first-order valence-electron chi connectivity index (χ1n) is 6.09. The Balaban J connectivity index is 1.87. The van der Waals surface area contributed by atoms with Crippen LogP contribution >= 0.6 is 35.1 Å². The molecule has 20 heavy (non-hydrogen) atoms. The van der Waals surface area contributed by atoms with Crippen molar-refractivity contribution in [3.8, 4) is 0 Å². The molecule has 3 rings (SSSR count). The predicted octanol–water partition coefficient (Wildman–Crippen LogP) is 6.27. The van der Waals surface area contributed by atoms with Crippen LogP contribution in [-0.4, -0.2) is 0 Å². The smallest absolute Gasteiger partial charge is 0.0522 e. The predicted molar refractivity (Wildman–Crippen MR) is 89.9 cm³/mol. The van der Waals surface area contributed by atoms with Crippen molar-refractivity contribution < 1.29 is 0 Å². The van der Waals surface area contributed by atoms with Gasteiger partial charge in [-0.3, -0.25) is 0 Å². The highest BCUT2D eigenvalue weighted by molar-refractivity contribution is 8.00. The quantitative estimate of drug-likeness (QED) is 0.571. The number of benzene rings is 3. The summed E-state index contributed by atoms with van der Waals surface area (Å²) in [7, 11) is 0. The molecule has 0 unspecified atom stereocenters. The van der Waals surface area contributed by atoms with Crippen molar-refractivity contribution in [3.63, 3.8) is 0 Å². The highest BCUT2D eigenvalue weighted by Gasteiger charge is 2.02. The van der Waals surface area contributed by atoms with Crippen molar-refractivity contribution in [3.05, 3.63) is 70.7 Å². The fourth-order valence-electron chi connectivity index (χ4n) is 2.02. The molecule has 1 nitrogen and oxygen atoms in total. The van der Waals surface area contributed by atoms with Crippen LogP contribution in [0.2, 0.25) is 10.0 Å². The lowest BCUT2D eigenvalue weighted by atomic mass is 10.1. The zero-order valence-corrected chi connectivity index (χ0v) is 12.8. The van der Waals surface area contributed by atoms with Crippen molar-refractivity contribution in [2.75, 3.05) is 4.72 Å². The Labute approximate surface area is 132 Å². The minimum absolute atomic E-state index is 0.639. The number of hydrogen-bond donors (Lipinski definition) is 1. The van der Waals surface area contributed by atoms with Crippen molar-refractivity contribution in [2.24, 2.45) is 0 Å². The van der Waals surface area contributed by atoms with Crippen LogP contribution in [0.1, 0.15) is 0 Å². The maximum atomic E-state index is 6.00. The molecule has 0 aliphatic rings. The number of nitrogens with one attached hydrogen (secondary N) is 1. The fraction of sp³-hybridized carbons (Fsp3) is 0. The first-order chi connectivity index (χ1) is 9.72. The van der Waals surface area contributed by atoms with Gasteiger partial charge in [0.1, 0.15) is 0 Å². The van der Waals surface area contributed by atoms with E-state index in [0.29, 0.717) is 10.0 Å². The minimum atomic E-state index is 0.639. The average molecular weight is 320 g/mol. The summed E-state index contributed by atoms with van der Waals surface area (Å²) in [5, 5.41) is 3.68. The van der Waals surface area contributed by atoms with Crippen LogP contribution < -0.4 is 4.72 Å². The molecule has 0 radical (unpaired) electrons. The molecule has 100 valence electrons. The number of rotatable bonds is 3. The molecule has 0 heterocycles. The van der Waals surface area contributed by atoms with Gasteiger partial charge in [0.05, 0.1) is 5.69 Å². The molecule has 0 saturated carbocycles. The molecule has 0 aromatic heterocycles. The van der Waals surface area contributed by atoms with Gasteiger partial charge in [0.15, 0.2) is 0 Å². The summed E-state index contributed by atoms with van der Waals surface area (Å²) in [5.41, 5.74) is 1.07. The van der Waals surface area contributed by atoms with Gasteiger partial charge in [-0.2, -0.15) is 0 Å². The summed E-state index contributed by atoms with van der Waals surface area (Å²) in [6.45, 7) is 0. The lowest BCUT2D eigenvalue weighted by Crippen LogP contribution is -1.88. The van der Waals surface area contributed by atoms with Gasteiger partial charge in [-0.25, -0.2) is 0 Å². The lowest BCUT2D eigenvalue weighted by Gasteiger charge is -2.09. The monoisotopic (exact) mass is 319 g/mol. The van der Waals surface area contributed by atoms with E-state index in [-0.39, 0.29) is 0 Å². The van der Waals surface area contributed by atoms with Crippen molar-refractivity contribution >= 4 is 51.6 Å². The average Bonchev–Trinajstić information content (AvgIpc) is 2.44. The Hall–Kier alpha value is -1.35. The molecule has 0 saturated heterocycles. The van der Waals surface area contributed by atoms with E-state index in [4.69, 9.17) is 23.2 Å². The largest absolute Gasteiger partial charge is 0.325 e. The molecule has 0 atom stereocenters. The summed E-state index contributed by atoms with van der Waals surface area (Å²) >= 11 is 13.5. The van der Waals surface area contributed by atoms with Crippen molar-refractivity contribution in [1.82, 2.24) is 0 Å². The Morgan fingerprint density at radius 3 is 2.30 bits per heavy atom. The number of fused-ring (bicyclic) bond motifs is 1. The van der Waals surface area contributed by atoms with Gasteiger partial charge >= 0.3 is 0 Å². The second kappa shape index (κ2) is 5.96. The second-order valence-corrected chi connectivity index (χ2v) is 6.09. The fourth-order valence-corrected chi connectivity index (χ4v) is 3.45. The summed E-state index contributed by atoms with van der Waals surface area (Å²) in [5.74, 6) is 0. The van der Waals surface area contributed by atoms with Gasteiger partial charge in [0.2, 0.25) is 0 Å². The molecule has 0 aliphatic carbocycles. The van der Waals surface area contributed by atoms with E-state index in [2.05, 4.69) is 29.0 Å². The van der Waals surface area contributed by atoms with E-state index in [1.165, 1.54) is 22.7 Å². The van der Waals surface area contributed by atoms with Crippen LogP contribution in [0.3, 0.4) is 0 Å². The topological polar surface area (TPSA) is 12.0 Å². The van der Waals surface area contributed by atoms with Crippen molar-refractivity contribution in [2.45, 2.75) is 4.90 Å². The second-order valence-electron chi connectivity index (χ2n) is 4.34. The molecular weight excluding hydrogens is 309 g/mol. The van der Waals surface area contributed by atoms with Crippen molar-refractivity contribution in [1.29, 1.82) is 0 Å². The highest BCUT2D eigenvalue weighted by atomic mass is 35.5. The van der Waals surface area contributed by atoms with E-state index in [9.17, 15) is 0 Å². The summed E-state index contributed by atoms with van der Waals surface area (Å²) < 4.78 is 3.36. The van der Waals surface area contributed by atoms with Crippen LogP contribution in [0.5, 0.6) is 0 Å². The molecule has 0 fully saturated rings. The molecule has 0 aliphatic heterocycles. The molecule has 3 aromatic rings. The summed E-state index contributed by atoms with van der Waals surface area (Å²) in [6.07, 6.45) is 0.